The van der Waals surface area contributed by atoms with Crippen LogP contribution >= 0.6 is 0 Å². The number of hydrogen-bond donors (Lipinski definition) is 2. The van der Waals surface area contributed by atoms with Gasteiger partial charge in [-0.25, -0.2) is 8.42 Å². The molecular formula is C21H23N3O7S2. The van der Waals surface area contributed by atoms with Crippen LogP contribution in [-0.4, -0.2) is 51.0 Å². The van der Waals surface area contributed by atoms with Crippen molar-refractivity contribution in [2.75, 3.05) is 20.2 Å². The zero-order valence-corrected chi connectivity index (χ0v) is 19.8. The van der Waals surface area contributed by atoms with Gasteiger partial charge in [0.2, 0.25) is 10.0 Å². The maximum absolute atomic E-state index is 12.8. The number of azo groups is 1. The molecule has 0 spiro atoms. The molecule has 0 bridgehead atoms. The molecule has 10 nitrogen and oxygen atoms in total. The summed E-state index contributed by atoms with van der Waals surface area (Å²) in [6.07, 6.45) is 0. The molecule has 12 heteroatoms. The largest absolute Gasteiger partial charge is 0.506 e. The third-order valence-electron chi connectivity index (χ3n) is 4.95. The lowest BCUT2D eigenvalue weighted by Gasteiger charge is -2.18. The van der Waals surface area contributed by atoms with E-state index in [0.717, 1.165) is 6.07 Å². The summed E-state index contributed by atoms with van der Waals surface area (Å²) in [7, 11) is -6.92. The molecule has 33 heavy (non-hydrogen) atoms. The number of phenolic OH excluding ortho intramolecular Hbond substituents is 1. The number of rotatable bonds is 8. The lowest BCUT2D eigenvalue weighted by Crippen LogP contribution is -2.30. The molecule has 0 fully saturated rings. The molecule has 0 aliphatic rings. The van der Waals surface area contributed by atoms with Gasteiger partial charge >= 0.3 is 0 Å². The van der Waals surface area contributed by atoms with E-state index >= 15 is 0 Å². The highest BCUT2D eigenvalue weighted by Gasteiger charge is 2.23. The van der Waals surface area contributed by atoms with E-state index in [-0.39, 0.29) is 45.4 Å². The average molecular weight is 494 g/mol. The van der Waals surface area contributed by atoms with Gasteiger partial charge in [0, 0.05) is 18.5 Å². The van der Waals surface area contributed by atoms with Crippen molar-refractivity contribution in [1.29, 1.82) is 0 Å². The third kappa shape index (κ3) is 5.14. The summed E-state index contributed by atoms with van der Waals surface area (Å²) < 4.78 is 65.4. The van der Waals surface area contributed by atoms with Crippen LogP contribution in [-0.2, 0) is 20.1 Å². The van der Waals surface area contributed by atoms with Crippen molar-refractivity contribution >= 4 is 42.3 Å². The first-order chi connectivity index (χ1) is 15.5. The van der Waals surface area contributed by atoms with E-state index in [1.807, 2.05) is 0 Å². The minimum absolute atomic E-state index is 0.0554. The molecule has 0 aliphatic heterocycles. The lowest BCUT2D eigenvalue weighted by atomic mass is 10.1. The minimum Gasteiger partial charge on any atom is -0.506 e. The predicted octanol–water partition coefficient (Wildman–Crippen LogP) is 4.25. The fourth-order valence-corrected chi connectivity index (χ4v) is 5.48. The molecule has 3 aromatic rings. The number of hydrogen-bond acceptors (Lipinski definition) is 8. The SMILES string of the molecule is CCN(CC)S(=O)(=O)c1ccc(O)c(N=Nc2cc(S(=O)(=O)O)c3ccc(OC)cc3c2)c1. The van der Waals surface area contributed by atoms with Crippen LogP contribution in [0.4, 0.5) is 11.4 Å². The number of methoxy groups -OCH3 is 1. The van der Waals surface area contributed by atoms with Gasteiger partial charge in [-0.15, -0.1) is 5.11 Å². The van der Waals surface area contributed by atoms with Crippen LogP contribution in [0.15, 0.2) is 68.6 Å². The van der Waals surface area contributed by atoms with Crippen molar-refractivity contribution in [2.24, 2.45) is 10.2 Å². The van der Waals surface area contributed by atoms with Crippen LogP contribution in [0.25, 0.3) is 10.8 Å². The Hall–Kier alpha value is -3.06. The summed E-state index contributed by atoms with van der Waals surface area (Å²) in [5.41, 5.74) is -0.0674. The first kappa shape index (κ1) is 24.6. The molecule has 0 atom stereocenters. The Morgan fingerprint density at radius 3 is 2.24 bits per heavy atom. The molecule has 0 heterocycles. The second-order valence-corrected chi connectivity index (χ2v) is 10.3. The van der Waals surface area contributed by atoms with E-state index in [9.17, 15) is 26.5 Å². The number of fused-ring (bicyclic) bond motifs is 1. The molecule has 0 aliphatic carbocycles. The molecule has 0 saturated heterocycles. The van der Waals surface area contributed by atoms with Gasteiger partial charge in [-0.3, -0.25) is 4.55 Å². The van der Waals surface area contributed by atoms with Crippen LogP contribution in [0.1, 0.15) is 13.8 Å². The Morgan fingerprint density at radius 1 is 0.939 bits per heavy atom. The van der Waals surface area contributed by atoms with Gasteiger partial charge in [0.25, 0.3) is 10.1 Å². The maximum Gasteiger partial charge on any atom is 0.295 e. The Bertz CT molecular complexity index is 1430. The summed E-state index contributed by atoms with van der Waals surface area (Å²) in [5.74, 6) is 0.152. The summed E-state index contributed by atoms with van der Waals surface area (Å²) in [5, 5.41) is 18.7. The fourth-order valence-electron chi connectivity index (χ4n) is 3.26. The maximum atomic E-state index is 12.8. The number of sulfonamides is 1. The van der Waals surface area contributed by atoms with Crippen LogP contribution in [0.5, 0.6) is 11.5 Å². The summed E-state index contributed by atoms with van der Waals surface area (Å²) in [6, 6.07) is 10.9. The van der Waals surface area contributed by atoms with Crippen LogP contribution in [0, 0.1) is 0 Å². The quantitative estimate of drug-likeness (QED) is 0.352. The van der Waals surface area contributed by atoms with Crippen LogP contribution < -0.4 is 4.74 Å². The van der Waals surface area contributed by atoms with Crippen molar-refractivity contribution in [3.63, 3.8) is 0 Å². The first-order valence-electron chi connectivity index (χ1n) is 9.85. The zero-order chi connectivity index (χ0) is 24.4. The van der Waals surface area contributed by atoms with E-state index in [1.54, 1.807) is 26.0 Å². The van der Waals surface area contributed by atoms with E-state index < -0.39 is 20.1 Å². The highest BCUT2D eigenvalue weighted by Crippen LogP contribution is 2.35. The van der Waals surface area contributed by atoms with E-state index in [2.05, 4.69) is 10.2 Å². The number of ether oxygens (including phenoxy) is 1. The molecule has 2 N–H and O–H groups in total. The average Bonchev–Trinajstić information content (AvgIpc) is 2.77. The molecule has 0 unspecified atom stereocenters. The number of aromatic hydroxyl groups is 1. The third-order valence-corrected chi connectivity index (χ3v) is 7.89. The van der Waals surface area contributed by atoms with Crippen molar-refractivity contribution in [3.05, 3.63) is 48.5 Å². The van der Waals surface area contributed by atoms with Gasteiger partial charge in [0.15, 0.2) is 0 Å². The number of benzene rings is 3. The Balaban J connectivity index is 2.11. The van der Waals surface area contributed by atoms with Crippen LogP contribution in [0.2, 0.25) is 0 Å². The van der Waals surface area contributed by atoms with Crippen molar-refractivity contribution in [3.8, 4) is 11.5 Å². The number of nitrogens with zero attached hydrogens (tertiary/aromatic N) is 3. The van der Waals surface area contributed by atoms with E-state index in [4.69, 9.17) is 4.74 Å². The van der Waals surface area contributed by atoms with Gasteiger partial charge in [-0.2, -0.15) is 17.8 Å². The lowest BCUT2D eigenvalue weighted by molar-refractivity contribution is 0.415. The van der Waals surface area contributed by atoms with E-state index in [0.29, 0.717) is 11.1 Å². The van der Waals surface area contributed by atoms with Gasteiger partial charge in [-0.05, 0) is 53.9 Å². The Morgan fingerprint density at radius 2 is 1.64 bits per heavy atom. The van der Waals surface area contributed by atoms with E-state index in [1.165, 1.54) is 41.7 Å². The Kier molecular flexibility index (Phi) is 7.03. The first-order valence-corrected chi connectivity index (χ1v) is 12.7. The molecule has 176 valence electrons. The second-order valence-electron chi connectivity index (χ2n) is 6.95. The van der Waals surface area contributed by atoms with Crippen molar-refractivity contribution < 1.29 is 31.2 Å². The van der Waals surface area contributed by atoms with Gasteiger partial charge in [0.1, 0.15) is 22.1 Å². The zero-order valence-electron chi connectivity index (χ0n) is 18.1. The topological polar surface area (TPSA) is 146 Å². The molecule has 0 aromatic heterocycles. The monoisotopic (exact) mass is 493 g/mol. The summed E-state index contributed by atoms with van der Waals surface area (Å²) in [4.78, 5) is -0.446. The predicted molar refractivity (Wildman–Crippen MR) is 123 cm³/mol. The second kappa shape index (κ2) is 9.43. The number of phenols is 1. The smallest absolute Gasteiger partial charge is 0.295 e. The highest BCUT2D eigenvalue weighted by atomic mass is 32.2. The van der Waals surface area contributed by atoms with Crippen molar-refractivity contribution in [1.82, 2.24) is 4.31 Å². The molecule has 0 amide bonds. The van der Waals surface area contributed by atoms with Crippen molar-refractivity contribution in [2.45, 2.75) is 23.6 Å². The minimum atomic E-state index is -4.58. The normalized spacial score (nSPS) is 12.6. The fraction of sp³-hybridized carbons (Fsp3) is 0.238. The Labute approximate surface area is 191 Å². The summed E-state index contributed by atoms with van der Waals surface area (Å²) >= 11 is 0. The molecular weight excluding hydrogens is 470 g/mol. The van der Waals surface area contributed by atoms with Gasteiger partial charge in [-0.1, -0.05) is 13.8 Å². The summed E-state index contributed by atoms with van der Waals surface area (Å²) in [6.45, 7) is 3.97. The molecule has 3 rings (SSSR count). The molecule has 3 aromatic carbocycles. The van der Waals surface area contributed by atoms with Gasteiger partial charge in [0.05, 0.1) is 17.7 Å². The van der Waals surface area contributed by atoms with Gasteiger partial charge < -0.3 is 9.84 Å². The highest BCUT2D eigenvalue weighted by molar-refractivity contribution is 7.89. The molecule has 0 radical (unpaired) electrons. The molecule has 0 saturated carbocycles. The standard InChI is InChI=1S/C21H23N3O7S2/c1-4-24(5-2)32(26,27)17-7-9-20(25)19(13-17)23-22-15-10-14-11-16(31-3)6-8-18(14)21(12-15)33(28,29)30/h6-13,25H,4-5H2,1-3H3,(H,28,29,30). The van der Waals surface area contributed by atoms with Crippen LogP contribution in [0.3, 0.4) is 0 Å².